The summed E-state index contributed by atoms with van der Waals surface area (Å²) >= 11 is 0. The number of hydrogen-bond acceptors (Lipinski definition) is 4. The molecule has 0 bridgehead atoms. The molecular formula is C19H32Cl2N4O. The second-order valence-corrected chi connectivity index (χ2v) is 6.88. The molecule has 2 saturated heterocycles. The fourth-order valence-electron chi connectivity index (χ4n) is 3.55. The standard InChI is InChI=1S/C19H30N4O.2ClH/c24-19(21-7-4-12-22-13-8-20-9-14-22)18-6-3-5-17(15-18)16-23-10-1-2-11-23;;/h3,5-6,15,20H,1-2,4,7-14,16H2,(H,21,24);2*1H. The van der Waals surface area contributed by atoms with Gasteiger partial charge in [-0.15, -0.1) is 24.8 Å². The third-order valence-electron chi connectivity index (χ3n) is 4.94. The van der Waals surface area contributed by atoms with E-state index >= 15 is 0 Å². The predicted octanol–water partition coefficient (Wildman–Crippen LogP) is 2.15. The van der Waals surface area contributed by atoms with Crippen molar-refractivity contribution in [1.29, 1.82) is 0 Å². The van der Waals surface area contributed by atoms with Gasteiger partial charge < -0.3 is 15.5 Å². The SMILES string of the molecule is Cl.Cl.O=C(NCCCN1CCNCC1)c1cccc(CN2CCCC2)c1. The average molecular weight is 403 g/mol. The number of likely N-dealkylation sites (tertiary alicyclic amines) is 1. The fourth-order valence-corrected chi connectivity index (χ4v) is 3.55. The van der Waals surface area contributed by atoms with E-state index in [1.807, 2.05) is 18.2 Å². The van der Waals surface area contributed by atoms with Crippen LogP contribution in [-0.2, 0) is 6.54 Å². The molecule has 7 heteroatoms. The summed E-state index contributed by atoms with van der Waals surface area (Å²) in [6.07, 6.45) is 3.61. The second-order valence-electron chi connectivity index (χ2n) is 6.88. The third-order valence-corrected chi connectivity index (χ3v) is 4.94. The summed E-state index contributed by atoms with van der Waals surface area (Å²) in [6.45, 7) is 9.54. The highest BCUT2D eigenvalue weighted by molar-refractivity contribution is 5.94. The molecule has 1 amide bonds. The largest absolute Gasteiger partial charge is 0.352 e. The Morgan fingerprint density at radius 1 is 1.04 bits per heavy atom. The maximum absolute atomic E-state index is 12.3. The summed E-state index contributed by atoms with van der Waals surface area (Å²) in [5.41, 5.74) is 2.03. The fraction of sp³-hybridized carbons (Fsp3) is 0.632. The molecule has 2 aliphatic rings. The third kappa shape index (κ3) is 7.41. The molecule has 2 fully saturated rings. The highest BCUT2D eigenvalue weighted by atomic mass is 35.5. The Balaban J connectivity index is 0.00000169. The van der Waals surface area contributed by atoms with E-state index in [9.17, 15) is 4.79 Å². The van der Waals surface area contributed by atoms with E-state index in [2.05, 4.69) is 26.5 Å². The quantitative estimate of drug-likeness (QED) is 0.685. The lowest BCUT2D eigenvalue weighted by molar-refractivity contribution is 0.0951. The maximum Gasteiger partial charge on any atom is 0.251 e. The van der Waals surface area contributed by atoms with Crippen LogP contribution < -0.4 is 10.6 Å². The van der Waals surface area contributed by atoms with E-state index in [1.165, 1.54) is 31.5 Å². The van der Waals surface area contributed by atoms with Gasteiger partial charge in [0.25, 0.3) is 5.91 Å². The number of benzene rings is 1. The monoisotopic (exact) mass is 402 g/mol. The van der Waals surface area contributed by atoms with Gasteiger partial charge in [-0.2, -0.15) is 0 Å². The molecule has 5 nitrogen and oxygen atoms in total. The normalized spacial score (nSPS) is 18.0. The predicted molar refractivity (Wildman–Crippen MR) is 112 cm³/mol. The van der Waals surface area contributed by atoms with Gasteiger partial charge in [0.05, 0.1) is 0 Å². The highest BCUT2D eigenvalue weighted by Gasteiger charge is 2.13. The Kier molecular flexibility index (Phi) is 11.2. The Morgan fingerprint density at radius 2 is 1.77 bits per heavy atom. The molecule has 1 aromatic carbocycles. The minimum atomic E-state index is 0. The Labute approximate surface area is 169 Å². The molecule has 2 aliphatic heterocycles. The molecular weight excluding hydrogens is 371 g/mol. The lowest BCUT2D eigenvalue weighted by Crippen LogP contribution is -2.44. The van der Waals surface area contributed by atoms with Crippen LogP contribution in [0.4, 0.5) is 0 Å². The molecule has 0 aliphatic carbocycles. The number of carbonyl (C=O) groups is 1. The van der Waals surface area contributed by atoms with Gasteiger partial charge in [0, 0.05) is 44.8 Å². The second kappa shape index (κ2) is 12.5. The van der Waals surface area contributed by atoms with Crippen LogP contribution in [-0.4, -0.2) is 68.1 Å². The van der Waals surface area contributed by atoms with Crippen molar-refractivity contribution in [2.45, 2.75) is 25.8 Å². The first-order valence-electron chi connectivity index (χ1n) is 9.34. The van der Waals surface area contributed by atoms with Gasteiger partial charge in [-0.25, -0.2) is 0 Å². The van der Waals surface area contributed by atoms with Crippen molar-refractivity contribution in [2.75, 3.05) is 52.4 Å². The molecule has 2 N–H and O–H groups in total. The van der Waals surface area contributed by atoms with E-state index < -0.39 is 0 Å². The maximum atomic E-state index is 12.3. The molecule has 0 unspecified atom stereocenters. The zero-order chi connectivity index (χ0) is 16.6. The van der Waals surface area contributed by atoms with Crippen LogP contribution in [0.3, 0.4) is 0 Å². The summed E-state index contributed by atoms with van der Waals surface area (Å²) in [4.78, 5) is 17.3. The molecule has 0 aromatic heterocycles. The Bertz CT molecular complexity index is 532. The lowest BCUT2D eigenvalue weighted by atomic mass is 10.1. The molecule has 26 heavy (non-hydrogen) atoms. The van der Waals surface area contributed by atoms with Gasteiger partial charge in [0.2, 0.25) is 0 Å². The molecule has 3 rings (SSSR count). The minimum Gasteiger partial charge on any atom is -0.352 e. The number of hydrogen-bond donors (Lipinski definition) is 2. The number of nitrogens with one attached hydrogen (secondary N) is 2. The van der Waals surface area contributed by atoms with E-state index in [0.29, 0.717) is 0 Å². The molecule has 0 spiro atoms. The average Bonchev–Trinajstić information content (AvgIpc) is 3.13. The van der Waals surface area contributed by atoms with Crippen LogP contribution in [0.15, 0.2) is 24.3 Å². The smallest absolute Gasteiger partial charge is 0.251 e. The molecule has 0 atom stereocenters. The van der Waals surface area contributed by atoms with E-state index in [-0.39, 0.29) is 30.7 Å². The Hall–Kier alpha value is -0.850. The van der Waals surface area contributed by atoms with Crippen molar-refractivity contribution < 1.29 is 4.79 Å². The van der Waals surface area contributed by atoms with Crippen LogP contribution >= 0.6 is 24.8 Å². The van der Waals surface area contributed by atoms with Gasteiger partial charge in [-0.05, 0) is 56.6 Å². The summed E-state index contributed by atoms with van der Waals surface area (Å²) < 4.78 is 0. The number of amides is 1. The minimum absolute atomic E-state index is 0. The van der Waals surface area contributed by atoms with Gasteiger partial charge in [-0.1, -0.05) is 12.1 Å². The first-order chi connectivity index (χ1) is 11.8. The van der Waals surface area contributed by atoms with Gasteiger partial charge in [-0.3, -0.25) is 9.69 Å². The number of nitrogens with zero attached hydrogens (tertiary/aromatic N) is 2. The van der Waals surface area contributed by atoms with Crippen molar-refractivity contribution in [1.82, 2.24) is 20.4 Å². The number of halogens is 2. The summed E-state index contributed by atoms with van der Waals surface area (Å²) in [5.74, 6) is 0.0542. The summed E-state index contributed by atoms with van der Waals surface area (Å²) in [6, 6.07) is 8.09. The zero-order valence-electron chi connectivity index (χ0n) is 15.4. The summed E-state index contributed by atoms with van der Waals surface area (Å²) in [5, 5.41) is 6.43. The van der Waals surface area contributed by atoms with Crippen molar-refractivity contribution in [3.8, 4) is 0 Å². The van der Waals surface area contributed by atoms with Crippen LogP contribution in [0, 0.1) is 0 Å². The van der Waals surface area contributed by atoms with E-state index in [1.54, 1.807) is 0 Å². The molecule has 1 aromatic rings. The van der Waals surface area contributed by atoms with Crippen molar-refractivity contribution in [3.05, 3.63) is 35.4 Å². The van der Waals surface area contributed by atoms with Crippen LogP contribution in [0.25, 0.3) is 0 Å². The first-order valence-corrected chi connectivity index (χ1v) is 9.34. The van der Waals surface area contributed by atoms with E-state index in [0.717, 1.165) is 57.8 Å². The first kappa shape index (κ1) is 23.2. The number of rotatable bonds is 7. The van der Waals surface area contributed by atoms with Crippen molar-refractivity contribution in [3.63, 3.8) is 0 Å². The van der Waals surface area contributed by atoms with Crippen molar-refractivity contribution in [2.24, 2.45) is 0 Å². The van der Waals surface area contributed by atoms with Gasteiger partial charge >= 0.3 is 0 Å². The summed E-state index contributed by atoms with van der Waals surface area (Å²) in [7, 11) is 0. The van der Waals surface area contributed by atoms with Gasteiger partial charge in [0.15, 0.2) is 0 Å². The van der Waals surface area contributed by atoms with Crippen LogP contribution in [0.1, 0.15) is 35.2 Å². The lowest BCUT2D eigenvalue weighted by Gasteiger charge is -2.27. The molecule has 0 radical (unpaired) electrons. The molecule has 148 valence electrons. The number of piperazine rings is 1. The number of carbonyl (C=O) groups excluding carboxylic acids is 1. The zero-order valence-corrected chi connectivity index (χ0v) is 17.0. The molecule has 2 heterocycles. The van der Waals surface area contributed by atoms with Crippen LogP contribution in [0.2, 0.25) is 0 Å². The van der Waals surface area contributed by atoms with Crippen molar-refractivity contribution >= 4 is 30.7 Å². The highest BCUT2D eigenvalue weighted by Crippen LogP contribution is 2.13. The van der Waals surface area contributed by atoms with E-state index in [4.69, 9.17) is 0 Å². The van der Waals surface area contributed by atoms with Crippen LogP contribution in [0.5, 0.6) is 0 Å². The molecule has 0 saturated carbocycles. The Morgan fingerprint density at radius 3 is 2.50 bits per heavy atom. The van der Waals surface area contributed by atoms with Gasteiger partial charge in [0.1, 0.15) is 0 Å². The topological polar surface area (TPSA) is 47.6 Å².